The highest BCUT2D eigenvalue weighted by Crippen LogP contribution is 2.29. The third-order valence-electron chi connectivity index (χ3n) is 3.88. The summed E-state index contributed by atoms with van der Waals surface area (Å²) in [5, 5.41) is 3.03. The summed E-state index contributed by atoms with van der Waals surface area (Å²) >= 11 is 3.40. The van der Waals surface area contributed by atoms with Crippen LogP contribution < -0.4 is 11.1 Å². The number of carbonyl (C=O) groups is 1. The summed E-state index contributed by atoms with van der Waals surface area (Å²) in [6.07, 6.45) is 4.54. The molecule has 21 heavy (non-hydrogen) atoms. The number of benzene rings is 2. The van der Waals surface area contributed by atoms with Gasteiger partial charge in [-0.15, -0.1) is 0 Å². The molecule has 0 fully saturated rings. The number of hydrogen-bond donors (Lipinski definition) is 2. The molecule has 1 amide bonds. The van der Waals surface area contributed by atoms with Gasteiger partial charge in [0.15, 0.2) is 0 Å². The topological polar surface area (TPSA) is 55.1 Å². The van der Waals surface area contributed by atoms with E-state index in [1.807, 2.05) is 12.1 Å². The van der Waals surface area contributed by atoms with E-state index < -0.39 is 0 Å². The van der Waals surface area contributed by atoms with Crippen LogP contribution >= 0.6 is 15.9 Å². The molecule has 2 aromatic carbocycles. The molecule has 0 bridgehead atoms. The number of amides is 1. The molecule has 0 saturated heterocycles. The molecule has 0 aromatic heterocycles. The fourth-order valence-corrected chi connectivity index (χ4v) is 3.23. The number of halogens is 1. The lowest BCUT2D eigenvalue weighted by atomic mass is 9.90. The summed E-state index contributed by atoms with van der Waals surface area (Å²) < 4.78 is 0.749. The first-order chi connectivity index (χ1) is 10.1. The molecule has 0 unspecified atom stereocenters. The Bertz CT molecular complexity index is 697. The Labute approximate surface area is 132 Å². The zero-order valence-electron chi connectivity index (χ0n) is 11.7. The summed E-state index contributed by atoms with van der Waals surface area (Å²) in [6.45, 7) is 0. The maximum Gasteiger partial charge on any atom is 0.256 e. The first kappa shape index (κ1) is 14.1. The van der Waals surface area contributed by atoms with Crippen LogP contribution in [0.2, 0.25) is 0 Å². The van der Waals surface area contributed by atoms with Crippen molar-refractivity contribution in [2.75, 3.05) is 11.1 Å². The quantitative estimate of drug-likeness (QED) is 0.803. The number of hydrogen-bond acceptors (Lipinski definition) is 2. The average Bonchev–Trinajstić information content (AvgIpc) is 2.50. The Hall–Kier alpha value is -1.81. The van der Waals surface area contributed by atoms with Crippen molar-refractivity contribution < 1.29 is 4.79 Å². The highest BCUT2D eigenvalue weighted by atomic mass is 79.9. The van der Waals surface area contributed by atoms with Crippen LogP contribution in [0.1, 0.15) is 34.3 Å². The maximum atomic E-state index is 12.5. The molecule has 1 aliphatic carbocycles. The van der Waals surface area contributed by atoms with Crippen molar-refractivity contribution >= 4 is 33.2 Å². The van der Waals surface area contributed by atoms with E-state index in [-0.39, 0.29) is 5.91 Å². The number of nitrogen functional groups attached to an aromatic ring is 1. The first-order valence-corrected chi connectivity index (χ1v) is 7.91. The summed E-state index contributed by atoms with van der Waals surface area (Å²) in [6, 6.07) is 11.4. The molecule has 1 aliphatic rings. The van der Waals surface area contributed by atoms with Crippen molar-refractivity contribution in [1.82, 2.24) is 0 Å². The minimum absolute atomic E-state index is 0.131. The van der Waals surface area contributed by atoms with Crippen molar-refractivity contribution in [3.8, 4) is 0 Å². The second kappa shape index (κ2) is 5.90. The Kier molecular flexibility index (Phi) is 3.97. The Morgan fingerprint density at radius 2 is 1.95 bits per heavy atom. The van der Waals surface area contributed by atoms with Gasteiger partial charge in [0.1, 0.15) is 0 Å². The van der Waals surface area contributed by atoms with Crippen LogP contribution in [0.4, 0.5) is 11.4 Å². The highest BCUT2D eigenvalue weighted by Gasteiger charge is 2.16. The van der Waals surface area contributed by atoms with Crippen LogP contribution in [0, 0.1) is 0 Å². The summed E-state index contributed by atoms with van der Waals surface area (Å²) in [7, 11) is 0. The number of aryl methyl sites for hydroxylation is 1. The molecule has 3 nitrogen and oxygen atoms in total. The lowest BCUT2D eigenvalue weighted by Crippen LogP contribution is -2.16. The third-order valence-corrected chi connectivity index (χ3v) is 4.57. The zero-order chi connectivity index (χ0) is 14.8. The molecule has 3 N–H and O–H groups in total. The summed E-state index contributed by atoms with van der Waals surface area (Å²) in [5.41, 5.74) is 10.5. The van der Waals surface area contributed by atoms with Gasteiger partial charge >= 0.3 is 0 Å². The molecule has 0 aliphatic heterocycles. The van der Waals surface area contributed by atoms with E-state index in [1.54, 1.807) is 18.2 Å². The van der Waals surface area contributed by atoms with E-state index in [1.165, 1.54) is 24.0 Å². The van der Waals surface area contributed by atoms with Crippen molar-refractivity contribution in [2.45, 2.75) is 25.7 Å². The van der Waals surface area contributed by atoms with Crippen molar-refractivity contribution in [2.24, 2.45) is 0 Å². The SMILES string of the molecule is Nc1ccc(Br)c(C(=O)Nc2cccc3c2CCCC3)c1. The second-order valence-corrected chi connectivity index (χ2v) is 6.20. The van der Waals surface area contributed by atoms with E-state index in [0.29, 0.717) is 11.3 Å². The predicted molar refractivity (Wildman–Crippen MR) is 89.6 cm³/mol. The van der Waals surface area contributed by atoms with Crippen molar-refractivity contribution in [3.05, 3.63) is 57.6 Å². The van der Waals surface area contributed by atoms with E-state index in [9.17, 15) is 4.79 Å². The highest BCUT2D eigenvalue weighted by molar-refractivity contribution is 9.10. The van der Waals surface area contributed by atoms with Crippen molar-refractivity contribution in [3.63, 3.8) is 0 Å². The van der Waals surface area contributed by atoms with Gasteiger partial charge in [0.05, 0.1) is 5.56 Å². The monoisotopic (exact) mass is 344 g/mol. The van der Waals surface area contributed by atoms with Crippen LogP contribution in [0.25, 0.3) is 0 Å². The fourth-order valence-electron chi connectivity index (χ4n) is 2.80. The van der Waals surface area contributed by atoms with Crippen LogP contribution in [-0.2, 0) is 12.8 Å². The van der Waals surface area contributed by atoms with Gasteiger partial charge in [-0.3, -0.25) is 4.79 Å². The molecular formula is C17H17BrN2O. The lowest BCUT2D eigenvalue weighted by Gasteiger charge is -2.19. The average molecular weight is 345 g/mol. The van der Waals surface area contributed by atoms with Gasteiger partial charge in [0.25, 0.3) is 5.91 Å². The second-order valence-electron chi connectivity index (χ2n) is 5.34. The Morgan fingerprint density at radius 1 is 1.14 bits per heavy atom. The molecule has 0 heterocycles. The third kappa shape index (κ3) is 2.95. The summed E-state index contributed by atoms with van der Waals surface area (Å²) in [5.74, 6) is -0.131. The molecule has 0 atom stereocenters. The van der Waals surface area contributed by atoms with E-state index in [0.717, 1.165) is 23.0 Å². The number of fused-ring (bicyclic) bond motifs is 1. The number of nitrogens with one attached hydrogen (secondary N) is 1. The molecule has 0 spiro atoms. The van der Waals surface area contributed by atoms with Gasteiger partial charge in [0.2, 0.25) is 0 Å². The number of nitrogens with two attached hydrogens (primary N) is 1. The van der Waals surface area contributed by atoms with Gasteiger partial charge in [-0.1, -0.05) is 12.1 Å². The van der Waals surface area contributed by atoms with Crippen LogP contribution in [0.3, 0.4) is 0 Å². The van der Waals surface area contributed by atoms with Gasteiger partial charge in [-0.25, -0.2) is 0 Å². The van der Waals surface area contributed by atoms with Crippen LogP contribution in [-0.4, -0.2) is 5.91 Å². The van der Waals surface area contributed by atoms with Gasteiger partial charge < -0.3 is 11.1 Å². The minimum Gasteiger partial charge on any atom is -0.399 e. The normalized spacial score (nSPS) is 13.6. The molecular weight excluding hydrogens is 328 g/mol. The van der Waals surface area contributed by atoms with Crippen LogP contribution in [0.5, 0.6) is 0 Å². The van der Waals surface area contributed by atoms with Crippen LogP contribution in [0.15, 0.2) is 40.9 Å². The van der Waals surface area contributed by atoms with Gasteiger partial charge in [-0.2, -0.15) is 0 Å². The van der Waals surface area contributed by atoms with Gasteiger partial charge in [0, 0.05) is 15.8 Å². The standard InChI is InChI=1S/C17H17BrN2O/c18-15-9-8-12(19)10-14(15)17(21)20-16-7-3-5-11-4-1-2-6-13(11)16/h3,5,7-10H,1-2,4,6,19H2,(H,20,21). The predicted octanol–water partition coefficient (Wildman–Crippen LogP) is 4.16. The summed E-state index contributed by atoms with van der Waals surface area (Å²) in [4.78, 5) is 12.5. The van der Waals surface area contributed by atoms with E-state index >= 15 is 0 Å². The molecule has 0 radical (unpaired) electrons. The fraction of sp³-hybridized carbons (Fsp3) is 0.235. The molecule has 0 saturated carbocycles. The van der Waals surface area contributed by atoms with Crippen molar-refractivity contribution in [1.29, 1.82) is 0 Å². The zero-order valence-corrected chi connectivity index (χ0v) is 13.2. The number of anilines is 2. The number of carbonyl (C=O) groups excluding carboxylic acids is 1. The molecule has 108 valence electrons. The smallest absolute Gasteiger partial charge is 0.256 e. The minimum atomic E-state index is -0.131. The molecule has 3 rings (SSSR count). The molecule has 2 aromatic rings. The Morgan fingerprint density at radius 3 is 2.81 bits per heavy atom. The first-order valence-electron chi connectivity index (χ1n) is 7.12. The van der Waals surface area contributed by atoms with Gasteiger partial charge in [-0.05, 0) is 77.0 Å². The largest absolute Gasteiger partial charge is 0.399 e. The number of rotatable bonds is 2. The van der Waals surface area contributed by atoms with E-state index in [4.69, 9.17) is 5.73 Å². The maximum absolute atomic E-state index is 12.5. The lowest BCUT2D eigenvalue weighted by molar-refractivity contribution is 0.102. The van der Waals surface area contributed by atoms with E-state index in [2.05, 4.69) is 27.3 Å². The Balaban J connectivity index is 1.90. The molecule has 4 heteroatoms.